The van der Waals surface area contributed by atoms with Crippen LogP contribution >= 0.6 is 11.6 Å². The van der Waals surface area contributed by atoms with Crippen molar-refractivity contribution in [3.8, 4) is 0 Å². The van der Waals surface area contributed by atoms with Crippen LogP contribution in [0.3, 0.4) is 0 Å². The van der Waals surface area contributed by atoms with Crippen LogP contribution in [-0.4, -0.2) is 36.5 Å². The maximum absolute atomic E-state index is 11.6. The minimum absolute atomic E-state index is 0.0766. The van der Waals surface area contributed by atoms with Gasteiger partial charge in [-0.05, 0) is 29.7 Å². The lowest BCUT2D eigenvalue weighted by molar-refractivity contribution is -0.151. The third-order valence-electron chi connectivity index (χ3n) is 3.87. The van der Waals surface area contributed by atoms with E-state index in [9.17, 15) is 19.5 Å². The van der Waals surface area contributed by atoms with Gasteiger partial charge in [0.1, 0.15) is 0 Å². The summed E-state index contributed by atoms with van der Waals surface area (Å²) in [7, 11) is 0. The van der Waals surface area contributed by atoms with E-state index >= 15 is 0 Å². The average molecular weight is 406 g/mol. The Balaban J connectivity index is 1.67. The summed E-state index contributed by atoms with van der Waals surface area (Å²) in [5.74, 6) is -2.32. The number of carbonyl (C=O) groups excluding carboxylic acids is 2. The van der Waals surface area contributed by atoms with Crippen LogP contribution in [0.15, 0.2) is 54.6 Å². The maximum Gasteiger partial charge on any atom is 0.410 e. The molecule has 1 atom stereocenters. The summed E-state index contributed by atoms with van der Waals surface area (Å²) in [6.45, 7) is -0.437. The highest BCUT2D eigenvalue weighted by Gasteiger charge is 2.20. The highest BCUT2D eigenvalue weighted by atomic mass is 35.5. The molecule has 28 heavy (non-hydrogen) atoms. The van der Waals surface area contributed by atoms with Crippen molar-refractivity contribution in [2.45, 2.75) is 18.8 Å². The van der Waals surface area contributed by atoms with Crippen LogP contribution in [0.2, 0.25) is 5.02 Å². The molecule has 0 heterocycles. The molecule has 0 saturated carbocycles. The van der Waals surface area contributed by atoms with Gasteiger partial charge in [0.2, 0.25) is 6.79 Å². The standard InChI is InChI=1S/C20H20ClNO6/c21-16-8-6-15(7-9-16)17(19(24)25)10-11-22-20(26)28-13-27-18(23)12-14-4-2-1-3-5-14/h1-9,17H,10-13H2,(H,22,26)(H,24,25). The number of alkyl carbamates (subject to hydrolysis) is 1. The van der Waals surface area contributed by atoms with Gasteiger partial charge in [0.05, 0.1) is 12.3 Å². The smallest absolute Gasteiger partial charge is 0.410 e. The van der Waals surface area contributed by atoms with E-state index in [-0.39, 0.29) is 19.4 Å². The molecule has 0 aliphatic rings. The van der Waals surface area contributed by atoms with Crippen molar-refractivity contribution < 1.29 is 29.0 Å². The first-order valence-electron chi connectivity index (χ1n) is 8.54. The van der Waals surface area contributed by atoms with Crippen molar-refractivity contribution in [1.82, 2.24) is 5.32 Å². The normalized spacial score (nSPS) is 11.3. The molecule has 148 valence electrons. The number of rotatable bonds is 9. The number of hydrogen-bond acceptors (Lipinski definition) is 5. The minimum Gasteiger partial charge on any atom is -0.481 e. The lowest BCUT2D eigenvalue weighted by Gasteiger charge is -2.13. The predicted octanol–water partition coefficient (Wildman–Crippen LogP) is 3.37. The Hall–Kier alpha value is -3.06. The number of carboxylic acid groups (broad SMARTS) is 1. The fraction of sp³-hybridized carbons (Fsp3) is 0.250. The number of esters is 1. The number of hydrogen-bond donors (Lipinski definition) is 2. The first-order chi connectivity index (χ1) is 13.5. The second-order valence-corrected chi connectivity index (χ2v) is 6.32. The van der Waals surface area contributed by atoms with Crippen molar-refractivity contribution in [1.29, 1.82) is 0 Å². The zero-order valence-corrected chi connectivity index (χ0v) is 15.7. The SMILES string of the molecule is O=C(Cc1ccccc1)OCOC(=O)NCCC(C(=O)O)c1ccc(Cl)cc1. The molecule has 0 aliphatic heterocycles. The first kappa shape index (κ1) is 21.2. The quantitative estimate of drug-likeness (QED) is 0.490. The van der Waals surface area contributed by atoms with Gasteiger partial charge in [-0.1, -0.05) is 54.1 Å². The molecule has 0 radical (unpaired) electrons. The molecule has 2 aromatic rings. The summed E-state index contributed by atoms with van der Waals surface area (Å²) in [5, 5.41) is 12.3. The van der Waals surface area contributed by atoms with Gasteiger partial charge >= 0.3 is 18.0 Å². The summed E-state index contributed by atoms with van der Waals surface area (Å²) in [6, 6.07) is 15.5. The molecule has 0 bridgehead atoms. The molecule has 7 nitrogen and oxygen atoms in total. The molecule has 0 aliphatic carbocycles. The number of ether oxygens (including phenoxy) is 2. The second kappa shape index (κ2) is 10.9. The van der Waals surface area contributed by atoms with Crippen LogP contribution in [0.25, 0.3) is 0 Å². The van der Waals surface area contributed by atoms with E-state index in [1.54, 1.807) is 48.5 Å². The number of aliphatic carboxylic acids is 1. The van der Waals surface area contributed by atoms with Gasteiger partial charge in [-0.15, -0.1) is 0 Å². The molecule has 2 aromatic carbocycles. The van der Waals surface area contributed by atoms with E-state index in [2.05, 4.69) is 5.32 Å². The molecular weight excluding hydrogens is 386 g/mol. The fourth-order valence-electron chi connectivity index (χ4n) is 2.46. The third-order valence-corrected chi connectivity index (χ3v) is 4.13. The first-order valence-corrected chi connectivity index (χ1v) is 8.92. The number of carboxylic acids is 1. The van der Waals surface area contributed by atoms with Gasteiger partial charge in [-0.2, -0.15) is 0 Å². The lowest BCUT2D eigenvalue weighted by Crippen LogP contribution is -2.29. The van der Waals surface area contributed by atoms with Crippen LogP contribution in [0.5, 0.6) is 0 Å². The Bertz CT molecular complexity index is 794. The van der Waals surface area contributed by atoms with Crippen molar-refractivity contribution >= 4 is 29.6 Å². The molecule has 2 N–H and O–H groups in total. The fourth-order valence-corrected chi connectivity index (χ4v) is 2.59. The van der Waals surface area contributed by atoms with Crippen LogP contribution in [0, 0.1) is 0 Å². The average Bonchev–Trinajstić information content (AvgIpc) is 2.67. The van der Waals surface area contributed by atoms with Crippen LogP contribution in [-0.2, 0) is 25.5 Å². The van der Waals surface area contributed by atoms with Gasteiger partial charge in [0.25, 0.3) is 0 Å². The van der Waals surface area contributed by atoms with E-state index in [1.807, 2.05) is 6.07 Å². The summed E-state index contributed by atoms with van der Waals surface area (Å²) in [6.07, 6.45) is -0.555. The van der Waals surface area contributed by atoms with Crippen molar-refractivity contribution in [2.75, 3.05) is 13.3 Å². The van der Waals surface area contributed by atoms with E-state index in [0.717, 1.165) is 5.56 Å². The Morgan fingerprint density at radius 3 is 2.32 bits per heavy atom. The number of halogens is 1. The Morgan fingerprint density at radius 2 is 1.68 bits per heavy atom. The third kappa shape index (κ3) is 7.28. The van der Waals surface area contributed by atoms with E-state index < -0.39 is 30.7 Å². The number of amides is 1. The van der Waals surface area contributed by atoms with Crippen LogP contribution < -0.4 is 5.32 Å². The summed E-state index contributed by atoms with van der Waals surface area (Å²) in [4.78, 5) is 34.7. The predicted molar refractivity (Wildman–Crippen MR) is 102 cm³/mol. The lowest BCUT2D eigenvalue weighted by atomic mass is 9.96. The van der Waals surface area contributed by atoms with Gasteiger partial charge in [-0.3, -0.25) is 9.59 Å². The van der Waals surface area contributed by atoms with Gasteiger partial charge in [0.15, 0.2) is 0 Å². The maximum atomic E-state index is 11.6. The van der Waals surface area contributed by atoms with E-state index in [1.165, 1.54) is 0 Å². The molecule has 1 amide bonds. The largest absolute Gasteiger partial charge is 0.481 e. The van der Waals surface area contributed by atoms with E-state index in [0.29, 0.717) is 10.6 Å². The molecule has 0 aromatic heterocycles. The van der Waals surface area contributed by atoms with Crippen molar-refractivity contribution in [2.24, 2.45) is 0 Å². The zero-order valence-electron chi connectivity index (χ0n) is 15.0. The topological polar surface area (TPSA) is 102 Å². The number of nitrogens with one attached hydrogen (secondary N) is 1. The molecular formula is C20H20ClNO6. The van der Waals surface area contributed by atoms with Gasteiger partial charge < -0.3 is 19.9 Å². The molecule has 1 unspecified atom stereocenters. The Kier molecular flexibility index (Phi) is 8.30. The van der Waals surface area contributed by atoms with E-state index in [4.69, 9.17) is 21.1 Å². The highest BCUT2D eigenvalue weighted by Crippen LogP contribution is 2.21. The van der Waals surface area contributed by atoms with Crippen LogP contribution in [0.4, 0.5) is 4.79 Å². The molecule has 8 heteroatoms. The van der Waals surface area contributed by atoms with Crippen molar-refractivity contribution in [3.05, 3.63) is 70.7 Å². The van der Waals surface area contributed by atoms with Gasteiger partial charge in [0, 0.05) is 11.6 Å². The summed E-state index contributed by atoms with van der Waals surface area (Å²) >= 11 is 5.80. The van der Waals surface area contributed by atoms with Crippen molar-refractivity contribution in [3.63, 3.8) is 0 Å². The molecule has 0 fully saturated rings. The Morgan fingerprint density at radius 1 is 1.00 bits per heavy atom. The minimum atomic E-state index is -1.01. The molecule has 0 spiro atoms. The molecule has 2 rings (SSSR count). The monoisotopic (exact) mass is 405 g/mol. The summed E-state index contributed by atoms with van der Waals surface area (Å²) in [5.41, 5.74) is 1.38. The zero-order chi connectivity index (χ0) is 20.4. The number of benzene rings is 2. The highest BCUT2D eigenvalue weighted by molar-refractivity contribution is 6.30. The van der Waals surface area contributed by atoms with Gasteiger partial charge in [-0.25, -0.2) is 4.79 Å². The van der Waals surface area contributed by atoms with Crippen LogP contribution in [0.1, 0.15) is 23.5 Å². The second-order valence-electron chi connectivity index (χ2n) is 5.89. The molecule has 0 saturated heterocycles. The Labute approximate surface area is 167 Å². The summed E-state index contributed by atoms with van der Waals surface area (Å²) < 4.78 is 9.59. The number of carbonyl (C=O) groups is 3.